The lowest BCUT2D eigenvalue weighted by molar-refractivity contribution is 0.146. The first-order valence-electron chi connectivity index (χ1n) is 6.85. The van der Waals surface area contributed by atoms with Gasteiger partial charge in [-0.2, -0.15) is 0 Å². The number of piperidine rings is 1. The fraction of sp³-hybridized carbons (Fsp3) is 0.600. The minimum absolute atomic E-state index is 0.792. The average molecular weight is 267 g/mol. The van der Waals surface area contributed by atoms with Crippen LogP contribution in [0.3, 0.4) is 0 Å². The largest absolute Gasteiger partial charge is 0.384 e. The number of rotatable bonds is 4. The summed E-state index contributed by atoms with van der Waals surface area (Å²) < 4.78 is 0. The second-order valence-corrected chi connectivity index (χ2v) is 6.08. The molecule has 0 amide bonds. The minimum Gasteiger partial charge on any atom is -0.384 e. The number of nitrogens with zero attached hydrogens (tertiary/aromatic N) is 1. The van der Waals surface area contributed by atoms with Crippen LogP contribution in [0.1, 0.15) is 20.3 Å². The van der Waals surface area contributed by atoms with E-state index in [0.29, 0.717) is 0 Å². The highest BCUT2D eigenvalue weighted by molar-refractivity contribution is 6.30. The lowest BCUT2D eigenvalue weighted by Gasteiger charge is -2.35. The number of halogens is 1. The van der Waals surface area contributed by atoms with Gasteiger partial charge in [-0.05, 0) is 36.5 Å². The van der Waals surface area contributed by atoms with Gasteiger partial charge >= 0.3 is 0 Å². The molecule has 0 saturated carbocycles. The minimum atomic E-state index is 0.792. The number of likely N-dealkylation sites (tertiary alicyclic amines) is 1. The molecule has 1 heterocycles. The fourth-order valence-electron chi connectivity index (χ4n) is 2.93. The van der Waals surface area contributed by atoms with Gasteiger partial charge in [-0.3, -0.25) is 0 Å². The molecule has 1 fully saturated rings. The number of benzene rings is 1. The van der Waals surface area contributed by atoms with Crippen molar-refractivity contribution < 1.29 is 0 Å². The molecule has 2 unspecified atom stereocenters. The molecule has 0 spiro atoms. The van der Waals surface area contributed by atoms with Crippen LogP contribution in [0.2, 0.25) is 5.02 Å². The molecule has 100 valence electrons. The van der Waals surface area contributed by atoms with E-state index in [0.717, 1.165) is 35.6 Å². The summed E-state index contributed by atoms with van der Waals surface area (Å²) in [5.41, 5.74) is 1.11. The van der Waals surface area contributed by atoms with E-state index in [-0.39, 0.29) is 0 Å². The molecule has 0 radical (unpaired) electrons. The van der Waals surface area contributed by atoms with Crippen molar-refractivity contribution in [1.29, 1.82) is 0 Å². The van der Waals surface area contributed by atoms with Crippen LogP contribution in [-0.4, -0.2) is 31.1 Å². The van der Waals surface area contributed by atoms with Gasteiger partial charge in [0.1, 0.15) is 0 Å². The summed E-state index contributed by atoms with van der Waals surface area (Å²) in [6, 6.07) is 7.92. The second-order valence-electron chi connectivity index (χ2n) is 5.64. The van der Waals surface area contributed by atoms with Gasteiger partial charge in [-0.15, -0.1) is 0 Å². The summed E-state index contributed by atoms with van der Waals surface area (Å²) in [4.78, 5) is 2.57. The van der Waals surface area contributed by atoms with Crippen LogP contribution < -0.4 is 5.32 Å². The predicted molar refractivity (Wildman–Crippen MR) is 79.3 cm³/mol. The topological polar surface area (TPSA) is 15.3 Å². The van der Waals surface area contributed by atoms with Crippen LogP contribution in [0.5, 0.6) is 0 Å². The zero-order valence-corrected chi connectivity index (χ0v) is 12.1. The molecule has 1 saturated heterocycles. The van der Waals surface area contributed by atoms with E-state index in [9.17, 15) is 0 Å². The van der Waals surface area contributed by atoms with E-state index >= 15 is 0 Å². The maximum absolute atomic E-state index is 5.96. The Morgan fingerprint density at radius 1 is 1.28 bits per heavy atom. The molecular formula is C15H23ClN2. The Morgan fingerprint density at radius 2 is 2.00 bits per heavy atom. The third kappa shape index (κ3) is 4.18. The van der Waals surface area contributed by atoms with Gasteiger partial charge in [0.2, 0.25) is 0 Å². The van der Waals surface area contributed by atoms with Crippen molar-refractivity contribution in [2.75, 3.05) is 31.5 Å². The monoisotopic (exact) mass is 266 g/mol. The van der Waals surface area contributed by atoms with E-state index in [1.165, 1.54) is 19.5 Å². The molecule has 1 aromatic carbocycles. The molecular weight excluding hydrogens is 244 g/mol. The Labute approximate surface area is 115 Å². The lowest BCUT2D eigenvalue weighted by Crippen LogP contribution is -2.41. The fourth-order valence-corrected chi connectivity index (χ4v) is 3.12. The van der Waals surface area contributed by atoms with Crippen LogP contribution in [0.25, 0.3) is 0 Å². The summed E-state index contributed by atoms with van der Waals surface area (Å²) in [6.45, 7) is 9.28. The standard InChI is InChI=1S/C15H23ClN2/c1-12-8-13(2)11-18(10-12)7-6-17-15-5-3-4-14(16)9-15/h3-5,9,12-13,17H,6-8,10-11H2,1-2H3. The van der Waals surface area contributed by atoms with E-state index in [1.807, 2.05) is 18.2 Å². The molecule has 0 aromatic heterocycles. The maximum atomic E-state index is 5.96. The highest BCUT2D eigenvalue weighted by Crippen LogP contribution is 2.20. The van der Waals surface area contributed by atoms with Crippen LogP contribution in [0.4, 0.5) is 5.69 Å². The second kappa shape index (κ2) is 6.44. The van der Waals surface area contributed by atoms with Crippen molar-refractivity contribution in [3.05, 3.63) is 29.3 Å². The number of anilines is 1. The number of hydrogen-bond donors (Lipinski definition) is 1. The van der Waals surface area contributed by atoms with E-state index in [1.54, 1.807) is 0 Å². The lowest BCUT2D eigenvalue weighted by atomic mass is 9.92. The highest BCUT2D eigenvalue weighted by Gasteiger charge is 2.20. The first kappa shape index (κ1) is 13.7. The van der Waals surface area contributed by atoms with Gasteiger partial charge in [-0.25, -0.2) is 0 Å². The number of nitrogens with one attached hydrogen (secondary N) is 1. The Morgan fingerprint density at radius 3 is 2.67 bits per heavy atom. The average Bonchev–Trinajstić information content (AvgIpc) is 2.27. The van der Waals surface area contributed by atoms with Crippen molar-refractivity contribution in [1.82, 2.24) is 4.90 Å². The highest BCUT2D eigenvalue weighted by atomic mass is 35.5. The van der Waals surface area contributed by atoms with Crippen molar-refractivity contribution >= 4 is 17.3 Å². The Bertz CT molecular complexity index is 371. The first-order chi connectivity index (χ1) is 8.63. The van der Waals surface area contributed by atoms with Gasteiger partial charge in [0.15, 0.2) is 0 Å². The molecule has 1 N–H and O–H groups in total. The molecule has 1 aliphatic heterocycles. The summed E-state index contributed by atoms with van der Waals surface area (Å²) in [5.74, 6) is 1.67. The van der Waals surface area contributed by atoms with Crippen LogP contribution in [-0.2, 0) is 0 Å². The van der Waals surface area contributed by atoms with Crippen molar-refractivity contribution in [3.8, 4) is 0 Å². The molecule has 2 rings (SSSR count). The Hall–Kier alpha value is -0.730. The van der Waals surface area contributed by atoms with E-state index < -0.39 is 0 Å². The summed E-state index contributed by atoms with van der Waals surface area (Å²) >= 11 is 5.96. The third-order valence-corrected chi connectivity index (χ3v) is 3.76. The van der Waals surface area contributed by atoms with Gasteiger partial charge in [0, 0.05) is 36.9 Å². The van der Waals surface area contributed by atoms with Gasteiger partial charge < -0.3 is 10.2 Å². The van der Waals surface area contributed by atoms with Crippen LogP contribution >= 0.6 is 11.6 Å². The van der Waals surface area contributed by atoms with Gasteiger partial charge in [-0.1, -0.05) is 31.5 Å². The Balaban J connectivity index is 1.75. The maximum Gasteiger partial charge on any atom is 0.0426 e. The third-order valence-electron chi connectivity index (χ3n) is 3.53. The summed E-state index contributed by atoms with van der Waals surface area (Å²) in [7, 11) is 0. The van der Waals surface area contributed by atoms with Crippen LogP contribution in [0.15, 0.2) is 24.3 Å². The van der Waals surface area contributed by atoms with Gasteiger partial charge in [0.05, 0.1) is 0 Å². The summed E-state index contributed by atoms with van der Waals surface area (Å²) in [6.07, 6.45) is 1.37. The molecule has 3 heteroatoms. The normalized spacial score (nSPS) is 25.1. The zero-order valence-electron chi connectivity index (χ0n) is 11.3. The van der Waals surface area contributed by atoms with Gasteiger partial charge in [0.25, 0.3) is 0 Å². The smallest absolute Gasteiger partial charge is 0.0426 e. The molecule has 2 nitrogen and oxygen atoms in total. The molecule has 18 heavy (non-hydrogen) atoms. The van der Waals surface area contributed by atoms with Crippen molar-refractivity contribution in [3.63, 3.8) is 0 Å². The molecule has 2 atom stereocenters. The zero-order chi connectivity index (χ0) is 13.0. The van der Waals surface area contributed by atoms with Crippen LogP contribution in [0, 0.1) is 11.8 Å². The molecule has 0 bridgehead atoms. The van der Waals surface area contributed by atoms with E-state index in [2.05, 4.69) is 30.1 Å². The number of hydrogen-bond acceptors (Lipinski definition) is 2. The van der Waals surface area contributed by atoms with Crippen molar-refractivity contribution in [2.24, 2.45) is 11.8 Å². The molecule has 1 aliphatic rings. The quantitative estimate of drug-likeness (QED) is 0.893. The molecule has 1 aromatic rings. The SMILES string of the molecule is CC1CC(C)CN(CCNc2cccc(Cl)c2)C1. The van der Waals surface area contributed by atoms with E-state index in [4.69, 9.17) is 11.6 Å². The Kier molecular flexibility index (Phi) is 4.90. The van der Waals surface area contributed by atoms with Crippen molar-refractivity contribution in [2.45, 2.75) is 20.3 Å². The first-order valence-corrected chi connectivity index (χ1v) is 7.23. The summed E-state index contributed by atoms with van der Waals surface area (Å²) in [5, 5.41) is 4.23. The molecule has 0 aliphatic carbocycles. The predicted octanol–water partition coefficient (Wildman–Crippen LogP) is 3.73.